The monoisotopic (exact) mass is 248 g/mol. The van der Waals surface area contributed by atoms with Crippen LogP contribution in [-0.2, 0) is 0 Å². The van der Waals surface area contributed by atoms with E-state index in [9.17, 15) is 5.11 Å². The molecular weight excluding hydrogens is 224 g/mol. The van der Waals surface area contributed by atoms with Gasteiger partial charge in [0.25, 0.3) is 0 Å². The van der Waals surface area contributed by atoms with Crippen molar-refractivity contribution in [2.45, 2.75) is 26.3 Å². The average molecular weight is 248 g/mol. The molecule has 1 saturated heterocycles. The number of benzene rings is 1. The van der Waals surface area contributed by atoms with Gasteiger partial charge in [-0.1, -0.05) is 32.4 Å². The zero-order valence-corrected chi connectivity index (χ0v) is 11.4. The van der Waals surface area contributed by atoms with E-state index in [0.717, 1.165) is 32.6 Å². The zero-order valence-electron chi connectivity index (χ0n) is 11.4. The third-order valence-corrected chi connectivity index (χ3v) is 3.94. The molecule has 2 atom stereocenters. The summed E-state index contributed by atoms with van der Waals surface area (Å²) in [6.45, 7) is 8.84. The van der Waals surface area contributed by atoms with Crippen LogP contribution in [0.25, 0.3) is 0 Å². The molecule has 0 radical (unpaired) electrons. The van der Waals surface area contributed by atoms with Crippen LogP contribution in [0, 0.1) is 5.92 Å². The number of piperazine rings is 1. The Hall–Kier alpha value is -1.06. The lowest BCUT2D eigenvalue weighted by atomic mass is 9.90. The Bertz CT molecular complexity index is 375. The first-order chi connectivity index (χ1) is 8.72. The Balaban J connectivity index is 2.23. The second-order valence-corrected chi connectivity index (χ2v) is 5.21. The van der Waals surface area contributed by atoms with Crippen molar-refractivity contribution in [1.82, 2.24) is 10.2 Å². The van der Waals surface area contributed by atoms with Gasteiger partial charge in [-0.05, 0) is 23.6 Å². The van der Waals surface area contributed by atoms with Crippen LogP contribution in [0.5, 0.6) is 5.75 Å². The van der Waals surface area contributed by atoms with E-state index in [1.54, 1.807) is 6.07 Å². The number of aromatic hydroxyl groups is 1. The molecule has 1 aliphatic rings. The lowest BCUT2D eigenvalue weighted by molar-refractivity contribution is 0.128. The average Bonchev–Trinajstić information content (AvgIpc) is 2.40. The van der Waals surface area contributed by atoms with Crippen molar-refractivity contribution in [3.8, 4) is 5.75 Å². The molecule has 2 N–H and O–H groups in total. The third kappa shape index (κ3) is 3.03. The number of hydrogen-bond acceptors (Lipinski definition) is 3. The molecule has 3 heteroatoms. The fraction of sp³-hybridized carbons (Fsp3) is 0.600. The van der Waals surface area contributed by atoms with Crippen molar-refractivity contribution in [2.75, 3.05) is 26.2 Å². The van der Waals surface area contributed by atoms with Crippen LogP contribution >= 0.6 is 0 Å². The van der Waals surface area contributed by atoms with E-state index in [2.05, 4.69) is 30.1 Å². The summed E-state index contributed by atoms with van der Waals surface area (Å²) in [6, 6.07) is 8.17. The first-order valence-electron chi connectivity index (χ1n) is 6.96. The summed E-state index contributed by atoms with van der Waals surface area (Å²) in [7, 11) is 0. The van der Waals surface area contributed by atoms with E-state index in [1.165, 1.54) is 5.56 Å². The van der Waals surface area contributed by atoms with E-state index in [1.807, 2.05) is 12.1 Å². The molecule has 1 heterocycles. The minimum Gasteiger partial charge on any atom is -0.508 e. The highest BCUT2D eigenvalue weighted by molar-refractivity contribution is 5.30. The molecule has 0 spiro atoms. The van der Waals surface area contributed by atoms with Crippen LogP contribution in [0.15, 0.2) is 24.3 Å². The van der Waals surface area contributed by atoms with Crippen LogP contribution in [-0.4, -0.2) is 36.2 Å². The SMILES string of the molecule is CCC(C)[C@H](c1cccc(O)c1)N1CCNCC1. The van der Waals surface area contributed by atoms with Gasteiger partial charge in [0.1, 0.15) is 5.75 Å². The Labute approximate surface area is 110 Å². The molecule has 100 valence electrons. The maximum atomic E-state index is 9.68. The van der Waals surface area contributed by atoms with Crippen LogP contribution in [0.4, 0.5) is 0 Å². The topological polar surface area (TPSA) is 35.5 Å². The second kappa shape index (κ2) is 6.21. The molecule has 0 saturated carbocycles. The molecule has 0 amide bonds. The molecule has 18 heavy (non-hydrogen) atoms. The smallest absolute Gasteiger partial charge is 0.115 e. The number of nitrogens with zero attached hydrogens (tertiary/aromatic N) is 1. The van der Waals surface area contributed by atoms with E-state index in [-0.39, 0.29) is 0 Å². The maximum Gasteiger partial charge on any atom is 0.115 e. The Morgan fingerprint density at radius 2 is 2.06 bits per heavy atom. The summed E-state index contributed by atoms with van der Waals surface area (Å²) in [4.78, 5) is 2.54. The molecule has 1 aromatic carbocycles. The van der Waals surface area contributed by atoms with Gasteiger partial charge in [0.2, 0.25) is 0 Å². The molecule has 1 fully saturated rings. The Kier molecular flexibility index (Phi) is 4.61. The fourth-order valence-corrected chi connectivity index (χ4v) is 2.79. The number of rotatable bonds is 4. The number of phenolic OH excluding ortho intramolecular Hbond substituents is 1. The van der Waals surface area contributed by atoms with Gasteiger partial charge in [0.05, 0.1) is 0 Å². The first kappa shape index (κ1) is 13.4. The molecule has 2 rings (SSSR count). The summed E-state index contributed by atoms with van der Waals surface area (Å²) in [6.07, 6.45) is 1.16. The molecule has 3 nitrogen and oxygen atoms in total. The lowest BCUT2D eigenvalue weighted by Gasteiger charge is -2.38. The maximum absolute atomic E-state index is 9.68. The molecule has 1 aliphatic heterocycles. The van der Waals surface area contributed by atoms with E-state index in [4.69, 9.17) is 0 Å². The second-order valence-electron chi connectivity index (χ2n) is 5.21. The van der Waals surface area contributed by atoms with Gasteiger partial charge >= 0.3 is 0 Å². The number of hydrogen-bond donors (Lipinski definition) is 2. The van der Waals surface area contributed by atoms with Gasteiger partial charge in [-0.3, -0.25) is 4.90 Å². The van der Waals surface area contributed by atoms with Gasteiger partial charge in [-0.25, -0.2) is 0 Å². The summed E-state index contributed by atoms with van der Waals surface area (Å²) in [5.41, 5.74) is 1.24. The summed E-state index contributed by atoms with van der Waals surface area (Å²) < 4.78 is 0. The van der Waals surface area contributed by atoms with Crippen molar-refractivity contribution >= 4 is 0 Å². The van der Waals surface area contributed by atoms with Crippen molar-refractivity contribution in [2.24, 2.45) is 5.92 Å². The Morgan fingerprint density at radius 1 is 1.33 bits per heavy atom. The normalized spacial score (nSPS) is 20.6. The largest absolute Gasteiger partial charge is 0.508 e. The Morgan fingerprint density at radius 3 is 2.67 bits per heavy atom. The highest BCUT2D eigenvalue weighted by Crippen LogP contribution is 2.32. The predicted molar refractivity (Wildman–Crippen MR) is 74.7 cm³/mol. The van der Waals surface area contributed by atoms with Gasteiger partial charge < -0.3 is 10.4 Å². The molecule has 0 aliphatic carbocycles. The van der Waals surface area contributed by atoms with Crippen LogP contribution < -0.4 is 5.32 Å². The van der Waals surface area contributed by atoms with Gasteiger partial charge in [0, 0.05) is 32.2 Å². The van der Waals surface area contributed by atoms with Crippen LogP contribution in [0.2, 0.25) is 0 Å². The van der Waals surface area contributed by atoms with Crippen molar-refractivity contribution in [3.05, 3.63) is 29.8 Å². The number of nitrogens with one attached hydrogen (secondary N) is 1. The molecule has 0 aromatic heterocycles. The third-order valence-electron chi connectivity index (χ3n) is 3.94. The van der Waals surface area contributed by atoms with E-state index in [0.29, 0.717) is 17.7 Å². The summed E-state index contributed by atoms with van der Waals surface area (Å²) >= 11 is 0. The van der Waals surface area contributed by atoms with Gasteiger partial charge in [-0.2, -0.15) is 0 Å². The zero-order chi connectivity index (χ0) is 13.0. The minimum atomic E-state index is 0.371. The van der Waals surface area contributed by atoms with Crippen molar-refractivity contribution in [3.63, 3.8) is 0 Å². The first-order valence-corrected chi connectivity index (χ1v) is 6.96. The molecule has 1 aromatic rings. The quantitative estimate of drug-likeness (QED) is 0.859. The van der Waals surface area contributed by atoms with Crippen molar-refractivity contribution in [1.29, 1.82) is 0 Å². The van der Waals surface area contributed by atoms with Gasteiger partial charge in [0.15, 0.2) is 0 Å². The summed E-state index contributed by atoms with van der Waals surface area (Å²) in [5, 5.41) is 13.1. The summed E-state index contributed by atoms with van der Waals surface area (Å²) in [5.74, 6) is 0.973. The molecule has 0 bridgehead atoms. The van der Waals surface area contributed by atoms with Crippen molar-refractivity contribution < 1.29 is 5.11 Å². The lowest BCUT2D eigenvalue weighted by Crippen LogP contribution is -2.46. The highest BCUT2D eigenvalue weighted by Gasteiger charge is 2.26. The standard InChI is InChI=1S/C15H24N2O/c1-3-12(2)15(17-9-7-16-8-10-17)13-5-4-6-14(18)11-13/h4-6,11-12,15-16,18H,3,7-10H2,1-2H3/t12?,15-/m1/s1. The number of phenols is 1. The van der Waals surface area contributed by atoms with Crippen LogP contribution in [0.1, 0.15) is 31.9 Å². The predicted octanol–water partition coefficient (Wildman–Crippen LogP) is 2.38. The fourth-order valence-electron chi connectivity index (χ4n) is 2.79. The molecular formula is C15H24N2O. The highest BCUT2D eigenvalue weighted by atomic mass is 16.3. The van der Waals surface area contributed by atoms with Gasteiger partial charge in [-0.15, -0.1) is 0 Å². The molecule has 1 unspecified atom stereocenters. The van der Waals surface area contributed by atoms with E-state index >= 15 is 0 Å². The van der Waals surface area contributed by atoms with Crippen LogP contribution in [0.3, 0.4) is 0 Å². The minimum absolute atomic E-state index is 0.371. The van der Waals surface area contributed by atoms with E-state index < -0.39 is 0 Å².